The van der Waals surface area contributed by atoms with E-state index in [0.29, 0.717) is 17.0 Å². The molecule has 0 aliphatic heterocycles. The Morgan fingerprint density at radius 3 is 2.44 bits per heavy atom. The van der Waals surface area contributed by atoms with Gasteiger partial charge in [0.2, 0.25) is 0 Å². The van der Waals surface area contributed by atoms with E-state index in [1.165, 1.54) is 0 Å². The molecule has 0 radical (unpaired) electrons. The molecule has 0 bridgehead atoms. The molecule has 0 fully saturated rings. The molecule has 0 aliphatic carbocycles. The van der Waals surface area contributed by atoms with Crippen LogP contribution in [0.3, 0.4) is 0 Å². The van der Waals surface area contributed by atoms with Gasteiger partial charge in [0.25, 0.3) is 0 Å². The van der Waals surface area contributed by atoms with Crippen LogP contribution >= 0.6 is 23.2 Å². The fourth-order valence-electron chi connectivity index (χ4n) is 1.61. The number of benzene rings is 1. The van der Waals surface area contributed by atoms with Crippen molar-refractivity contribution >= 4 is 23.2 Å². The van der Waals surface area contributed by atoms with Crippen molar-refractivity contribution in [2.24, 2.45) is 5.92 Å². The van der Waals surface area contributed by atoms with Gasteiger partial charge in [-0.25, -0.2) is 0 Å². The fraction of sp³-hybridized carbons (Fsp3) is 0.571. The van der Waals surface area contributed by atoms with Crippen LogP contribution in [0.4, 0.5) is 0 Å². The quantitative estimate of drug-likeness (QED) is 0.799. The molecule has 0 aliphatic rings. The van der Waals surface area contributed by atoms with Gasteiger partial charge in [0.15, 0.2) is 0 Å². The fourth-order valence-corrected chi connectivity index (χ4v) is 2.09. The van der Waals surface area contributed by atoms with Crippen LogP contribution in [0.25, 0.3) is 0 Å². The Balaban J connectivity index is 2.31. The van der Waals surface area contributed by atoms with Crippen LogP contribution in [0, 0.1) is 5.92 Å². The van der Waals surface area contributed by atoms with Gasteiger partial charge in [0, 0.05) is 29.2 Å². The average Bonchev–Trinajstić information content (AvgIpc) is 2.27. The third-order valence-corrected chi connectivity index (χ3v) is 3.25. The van der Waals surface area contributed by atoms with Crippen LogP contribution in [-0.2, 0) is 6.54 Å². The van der Waals surface area contributed by atoms with E-state index >= 15 is 0 Å². The van der Waals surface area contributed by atoms with E-state index < -0.39 is 0 Å². The van der Waals surface area contributed by atoms with E-state index in [2.05, 4.69) is 31.4 Å². The van der Waals surface area contributed by atoms with Gasteiger partial charge in [-0.2, -0.15) is 0 Å². The summed E-state index contributed by atoms with van der Waals surface area (Å²) in [6, 6.07) is 6.02. The van der Waals surface area contributed by atoms with Crippen molar-refractivity contribution < 1.29 is 0 Å². The maximum Gasteiger partial charge on any atom is 0.0465 e. The van der Waals surface area contributed by atoms with Crippen molar-refractivity contribution in [2.45, 2.75) is 33.4 Å². The Hall–Kier alpha value is -0.280. The Bertz CT molecular complexity index is 367. The molecule has 0 aromatic heterocycles. The highest BCUT2D eigenvalue weighted by atomic mass is 35.5. The standard InChI is InChI=1S/C14H22Cl2N2/c1-10(2)7-17-8-11(3)18-9-12-4-5-13(15)6-14(12)16/h4-6,10-11,17-18H,7-9H2,1-3H3. The van der Waals surface area contributed by atoms with E-state index in [4.69, 9.17) is 23.2 Å². The monoisotopic (exact) mass is 288 g/mol. The van der Waals surface area contributed by atoms with Crippen LogP contribution in [0.2, 0.25) is 10.0 Å². The van der Waals surface area contributed by atoms with Crippen molar-refractivity contribution in [3.05, 3.63) is 33.8 Å². The lowest BCUT2D eigenvalue weighted by Gasteiger charge is -2.16. The molecule has 0 spiro atoms. The summed E-state index contributed by atoms with van der Waals surface area (Å²) < 4.78 is 0. The number of halogens is 2. The normalized spacial score (nSPS) is 13.0. The van der Waals surface area contributed by atoms with Gasteiger partial charge < -0.3 is 10.6 Å². The summed E-state index contributed by atoms with van der Waals surface area (Å²) in [6.45, 7) is 9.35. The molecular weight excluding hydrogens is 267 g/mol. The highest BCUT2D eigenvalue weighted by Gasteiger charge is 2.05. The first-order valence-corrected chi connectivity index (χ1v) is 7.12. The number of nitrogens with one attached hydrogen (secondary N) is 2. The molecule has 0 amide bonds. The topological polar surface area (TPSA) is 24.1 Å². The zero-order valence-electron chi connectivity index (χ0n) is 11.3. The van der Waals surface area contributed by atoms with E-state index in [1.807, 2.05) is 12.1 Å². The third kappa shape index (κ3) is 6.05. The average molecular weight is 289 g/mol. The summed E-state index contributed by atoms with van der Waals surface area (Å²) >= 11 is 12.0. The number of hydrogen-bond acceptors (Lipinski definition) is 2. The van der Waals surface area contributed by atoms with Crippen molar-refractivity contribution in [3.8, 4) is 0 Å². The van der Waals surface area contributed by atoms with Crippen LogP contribution in [-0.4, -0.2) is 19.1 Å². The van der Waals surface area contributed by atoms with Crippen molar-refractivity contribution in [1.82, 2.24) is 10.6 Å². The maximum absolute atomic E-state index is 6.12. The Morgan fingerprint density at radius 1 is 1.11 bits per heavy atom. The molecule has 1 unspecified atom stereocenters. The van der Waals surface area contributed by atoms with E-state index in [9.17, 15) is 0 Å². The van der Waals surface area contributed by atoms with Crippen LogP contribution in [0.5, 0.6) is 0 Å². The zero-order chi connectivity index (χ0) is 13.5. The molecule has 0 saturated heterocycles. The van der Waals surface area contributed by atoms with Crippen molar-refractivity contribution in [1.29, 1.82) is 0 Å². The molecule has 0 heterocycles. The largest absolute Gasteiger partial charge is 0.315 e. The first kappa shape index (κ1) is 15.8. The lowest BCUT2D eigenvalue weighted by atomic mass is 10.2. The van der Waals surface area contributed by atoms with Crippen LogP contribution in [0.1, 0.15) is 26.3 Å². The van der Waals surface area contributed by atoms with Gasteiger partial charge in [-0.3, -0.25) is 0 Å². The lowest BCUT2D eigenvalue weighted by Crippen LogP contribution is -2.37. The molecule has 1 rings (SSSR count). The summed E-state index contributed by atoms with van der Waals surface area (Å²) in [5, 5.41) is 8.27. The van der Waals surface area contributed by atoms with Crippen molar-refractivity contribution in [3.63, 3.8) is 0 Å². The van der Waals surface area contributed by atoms with E-state index in [1.54, 1.807) is 6.07 Å². The zero-order valence-corrected chi connectivity index (χ0v) is 12.8. The molecule has 1 aromatic rings. The minimum absolute atomic E-state index is 0.412. The first-order chi connectivity index (χ1) is 8.49. The van der Waals surface area contributed by atoms with Gasteiger partial charge in [-0.05, 0) is 37.1 Å². The summed E-state index contributed by atoms with van der Waals surface area (Å²) in [5.41, 5.74) is 1.08. The summed E-state index contributed by atoms with van der Waals surface area (Å²) in [6.07, 6.45) is 0. The first-order valence-electron chi connectivity index (χ1n) is 6.37. The second-order valence-corrected chi connectivity index (χ2v) is 5.91. The SMILES string of the molecule is CC(C)CNCC(C)NCc1ccc(Cl)cc1Cl. The Labute approximate surface area is 120 Å². The van der Waals surface area contributed by atoms with Gasteiger partial charge in [-0.1, -0.05) is 43.1 Å². The van der Waals surface area contributed by atoms with E-state index in [-0.39, 0.29) is 0 Å². The number of rotatable bonds is 7. The minimum atomic E-state index is 0.412. The van der Waals surface area contributed by atoms with Gasteiger partial charge >= 0.3 is 0 Å². The maximum atomic E-state index is 6.12. The predicted octanol–water partition coefficient (Wildman–Crippen LogP) is 3.72. The van der Waals surface area contributed by atoms with Gasteiger partial charge in [-0.15, -0.1) is 0 Å². The molecule has 1 aromatic carbocycles. The predicted molar refractivity (Wildman–Crippen MR) is 80.5 cm³/mol. The molecule has 1 atom stereocenters. The second kappa shape index (κ2) is 8.00. The van der Waals surface area contributed by atoms with Crippen LogP contribution < -0.4 is 10.6 Å². The van der Waals surface area contributed by atoms with Crippen molar-refractivity contribution in [2.75, 3.05) is 13.1 Å². The second-order valence-electron chi connectivity index (χ2n) is 5.07. The Morgan fingerprint density at radius 2 is 1.83 bits per heavy atom. The lowest BCUT2D eigenvalue weighted by molar-refractivity contribution is 0.472. The minimum Gasteiger partial charge on any atom is -0.315 e. The summed E-state index contributed by atoms with van der Waals surface area (Å²) in [7, 11) is 0. The smallest absolute Gasteiger partial charge is 0.0465 e. The summed E-state index contributed by atoms with van der Waals surface area (Å²) in [4.78, 5) is 0. The van der Waals surface area contributed by atoms with Gasteiger partial charge in [0.05, 0.1) is 0 Å². The molecular formula is C14H22Cl2N2. The van der Waals surface area contributed by atoms with E-state index in [0.717, 1.165) is 30.2 Å². The summed E-state index contributed by atoms with van der Waals surface area (Å²) in [5.74, 6) is 0.683. The van der Waals surface area contributed by atoms with Crippen LogP contribution in [0.15, 0.2) is 18.2 Å². The molecule has 18 heavy (non-hydrogen) atoms. The molecule has 0 saturated carbocycles. The molecule has 2 nitrogen and oxygen atoms in total. The highest BCUT2D eigenvalue weighted by Crippen LogP contribution is 2.20. The Kier molecular flexibility index (Phi) is 7.02. The molecule has 4 heteroatoms. The molecule has 2 N–H and O–H groups in total. The van der Waals surface area contributed by atoms with Gasteiger partial charge in [0.1, 0.15) is 0 Å². The molecule has 102 valence electrons. The third-order valence-electron chi connectivity index (χ3n) is 2.66. The highest BCUT2D eigenvalue weighted by molar-refractivity contribution is 6.35. The number of hydrogen-bond donors (Lipinski definition) is 2.